The van der Waals surface area contributed by atoms with Gasteiger partial charge in [0.25, 0.3) is 0 Å². The average molecular weight is 292 g/mol. The molecule has 0 aliphatic carbocycles. The predicted molar refractivity (Wildman–Crippen MR) is 64.7 cm³/mol. The summed E-state index contributed by atoms with van der Waals surface area (Å²) in [6.45, 7) is 4.02. The molecule has 0 saturated heterocycles. The van der Waals surface area contributed by atoms with Crippen LogP contribution in [-0.2, 0) is 0 Å². The molecular formula is C9H8BrClN2O2. The number of rotatable bonds is 4. The number of nitro groups is 1. The topological polar surface area (TPSA) is 55.2 Å². The van der Waals surface area contributed by atoms with Gasteiger partial charge < -0.3 is 5.32 Å². The summed E-state index contributed by atoms with van der Waals surface area (Å²) in [5, 5.41) is 13.7. The van der Waals surface area contributed by atoms with Gasteiger partial charge in [-0.15, -0.1) is 0 Å². The second kappa shape index (κ2) is 5.14. The van der Waals surface area contributed by atoms with E-state index in [2.05, 4.69) is 27.8 Å². The normalized spacial score (nSPS) is 9.73. The molecule has 0 aliphatic heterocycles. The Morgan fingerprint density at radius 2 is 2.33 bits per heavy atom. The van der Waals surface area contributed by atoms with E-state index in [1.807, 2.05) is 0 Å². The van der Waals surface area contributed by atoms with E-state index in [9.17, 15) is 10.1 Å². The van der Waals surface area contributed by atoms with E-state index in [0.717, 1.165) is 0 Å². The summed E-state index contributed by atoms with van der Waals surface area (Å²) in [5.41, 5.74) is 0.265. The van der Waals surface area contributed by atoms with Crippen LogP contribution in [-0.4, -0.2) is 11.5 Å². The van der Waals surface area contributed by atoms with Gasteiger partial charge in [-0.3, -0.25) is 10.1 Å². The maximum atomic E-state index is 10.7. The smallest absolute Gasteiger partial charge is 0.310 e. The minimum Gasteiger partial charge on any atom is -0.375 e. The lowest BCUT2D eigenvalue weighted by molar-refractivity contribution is -0.383. The Labute approximate surface area is 100 Å². The molecule has 0 amide bonds. The number of anilines is 1. The molecule has 0 fully saturated rings. The number of nitrogens with zero attached hydrogens (tertiary/aromatic N) is 1. The molecule has 0 radical (unpaired) electrons. The van der Waals surface area contributed by atoms with Crippen molar-refractivity contribution in [3.05, 3.63) is 44.4 Å². The standard InChI is InChI=1S/C9H8BrClN2O2/c1-6(10)5-12-8-4-2-3-7(11)9(8)13(14)15/h2-4,12H,1,5H2. The minimum atomic E-state index is -0.512. The first kappa shape index (κ1) is 12.0. The Balaban J connectivity index is 3.01. The quantitative estimate of drug-likeness (QED) is 0.681. The van der Waals surface area contributed by atoms with Gasteiger partial charge in [0.05, 0.1) is 4.92 Å². The molecule has 0 aromatic heterocycles. The summed E-state index contributed by atoms with van der Waals surface area (Å²) in [6, 6.07) is 4.72. The van der Waals surface area contributed by atoms with E-state index >= 15 is 0 Å². The third-order valence-electron chi connectivity index (χ3n) is 1.64. The summed E-state index contributed by atoms with van der Waals surface area (Å²) in [6.07, 6.45) is 0. The maximum Gasteiger partial charge on any atom is 0.310 e. The summed E-state index contributed by atoms with van der Waals surface area (Å²) in [5.74, 6) is 0. The van der Waals surface area contributed by atoms with E-state index in [1.54, 1.807) is 12.1 Å². The number of nitrogens with one attached hydrogen (secondary N) is 1. The van der Waals surface area contributed by atoms with Gasteiger partial charge in [-0.1, -0.05) is 40.2 Å². The van der Waals surface area contributed by atoms with Crippen molar-refractivity contribution < 1.29 is 4.92 Å². The van der Waals surface area contributed by atoms with Crippen molar-refractivity contribution >= 4 is 38.9 Å². The summed E-state index contributed by atoms with van der Waals surface area (Å²) in [7, 11) is 0. The molecule has 0 bridgehead atoms. The van der Waals surface area contributed by atoms with Gasteiger partial charge in [0, 0.05) is 11.0 Å². The van der Waals surface area contributed by atoms with Gasteiger partial charge >= 0.3 is 5.69 Å². The Kier molecular flexibility index (Phi) is 4.11. The first-order valence-corrected chi connectivity index (χ1v) is 5.19. The largest absolute Gasteiger partial charge is 0.375 e. The molecule has 0 saturated carbocycles. The van der Waals surface area contributed by atoms with Crippen LogP contribution in [0, 0.1) is 10.1 Å². The first-order valence-electron chi connectivity index (χ1n) is 4.02. The van der Waals surface area contributed by atoms with Crippen LogP contribution in [0.15, 0.2) is 29.3 Å². The number of nitro benzene ring substituents is 1. The Morgan fingerprint density at radius 1 is 1.67 bits per heavy atom. The van der Waals surface area contributed by atoms with E-state index in [-0.39, 0.29) is 10.7 Å². The van der Waals surface area contributed by atoms with Crippen LogP contribution in [0.5, 0.6) is 0 Å². The monoisotopic (exact) mass is 290 g/mol. The van der Waals surface area contributed by atoms with E-state index in [1.165, 1.54) is 6.07 Å². The fraction of sp³-hybridized carbons (Fsp3) is 0.111. The molecule has 1 aromatic carbocycles. The van der Waals surface area contributed by atoms with Crippen LogP contribution in [0.3, 0.4) is 0 Å². The molecule has 0 aliphatic rings. The highest BCUT2D eigenvalue weighted by molar-refractivity contribution is 9.11. The molecular weight excluding hydrogens is 283 g/mol. The van der Waals surface area contributed by atoms with Crippen molar-refractivity contribution in [1.29, 1.82) is 0 Å². The second-order valence-electron chi connectivity index (χ2n) is 2.76. The maximum absolute atomic E-state index is 10.7. The van der Waals surface area contributed by atoms with Gasteiger partial charge in [0.15, 0.2) is 0 Å². The first-order chi connectivity index (χ1) is 7.02. The van der Waals surface area contributed by atoms with E-state index < -0.39 is 4.92 Å². The summed E-state index contributed by atoms with van der Waals surface area (Å²) < 4.78 is 0.705. The predicted octanol–water partition coefficient (Wildman–Crippen LogP) is 3.57. The molecule has 80 valence electrons. The third-order valence-corrected chi connectivity index (χ3v) is 2.23. The number of hydrogen-bond acceptors (Lipinski definition) is 3. The summed E-state index contributed by atoms with van der Waals surface area (Å²) in [4.78, 5) is 10.2. The molecule has 1 rings (SSSR count). The molecule has 0 unspecified atom stereocenters. The van der Waals surface area contributed by atoms with Crippen molar-refractivity contribution in [3.8, 4) is 0 Å². The highest BCUT2D eigenvalue weighted by Crippen LogP contribution is 2.32. The zero-order valence-electron chi connectivity index (χ0n) is 7.67. The number of para-hydroxylation sites is 1. The van der Waals surface area contributed by atoms with Crippen LogP contribution in [0.25, 0.3) is 0 Å². The van der Waals surface area contributed by atoms with Crippen LogP contribution < -0.4 is 5.32 Å². The lowest BCUT2D eigenvalue weighted by Crippen LogP contribution is -2.03. The Morgan fingerprint density at radius 3 is 2.87 bits per heavy atom. The van der Waals surface area contributed by atoms with E-state index in [0.29, 0.717) is 16.7 Å². The summed E-state index contributed by atoms with van der Waals surface area (Å²) >= 11 is 8.88. The molecule has 0 spiro atoms. The molecule has 15 heavy (non-hydrogen) atoms. The van der Waals surface area contributed by atoms with Crippen molar-refractivity contribution in [2.75, 3.05) is 11.9 Å². The SMILES string of the molecule is C=C(Br)CNc1cccc(Cl)c1[N+](=O)[O-]. The van der Waals surface area contributed by atoms with Gasteiger partial charge in [0.2, 0.25) is 0 Å². The second-order valence-corrected chi connectivity index (χ2v) is 4.29. The van der Waals surface area contributed by atoms with Crippen LogP contribution >= 0.6 is 27.5 Å². The van der Waals surface area contributed by atoms with Crippen LogP contribution in [0.1, 0.15) is 0 Å². The Hall–Kier alpha value is -1.07. The molecule has 4 nitrogen and oxygen atoms in total. The van der Waals surface area contributed by atoms with Crippen molar-refractivity contribution in [2.24, 2.45) is 0 Å². The highest BCUT2D eigenvalue weighted by atomic mass is 79.9. The fourth-order valence-electron chi connectivity index (χ4n) is 1.03. The number of benzene rings is 1. The average Bonchev–Trinajstić information content (AvgIpc) is 2.13. The molecule has 6 heteroatoms. The molecule has 0 atom stereocenters. The number of hydrogen-bond donors (Lipinski definition) is 1. The van der Waals surface area contributed by atoms with Gasteiger partial charge in [-0.05, 0) is 12.1 Å². The van der Waals surface area contributed by atoms with Crippen molar-refractivity contribution in [3.63, 3.8) is 0 Å². The Bertz CT molecular complexity index is 409. The zero-order valence-corrected chi connectivity index (χ0v) is 10.0. The molecule has 1 N–H and O–H groups in total. The minimum absolute atomic E-state index is 0.116. The lowest BCUT2D eigenvalue weighted by Gasteiger charge is -2.06. The van der Waals surface area contributed by atoms with Gasteiger partial charge in [-0.2, -0.15) is 0 Å². The van der Waals surface area contributed by atoms with Gasteiger partial charge in [-0.25, -0.2) is 0 Å². The van der Waals surface area contributed by atoms with Crippen LogP contribution in [0.4, 0.5) is 11.4 Å². The molecule has 1 aromatic rings. The van der Waals surface area contributed by atoms with Crippen molar-refractivity contribution in [2.45, 2.75) is 0 Å². The fourth-order valence-corrected chi connectivity index (χ4v) is 1.42. The highest BCUT2D eigenvalue weighted by Gasteiger charge is 2.17. The van der Waals surface area contributed by atoms with Crippen LogP contribution in [0.2, 0.25) is 5.02 Å². The molecule has 0 heterocycles. The third kappa shape index (κ3) is 3.21. The van der Waals surface area contributed by atoms with E-state index in [4.69, 9.17) is 11.6 Å². The lowest BCUT2D eigenvalue weighted by atomic mass is 10.2. The number of halogens is 2. The zero-order chi connectivity index (χ0) is 11.4. The van der Waals surface area contributed by atoms with Gasteiger partial charge in [0.1, 0.15) is 10.7 Å². The van der Waals surface area contributed by atoms with Crippen molar-refractivity contribution in [1.82, 2.24) is 0 Å².